The van der Waals surface area contributed by atoms with Crippen LogP contribution in [0.2, 0.25) is 0 Å². The molecule has 0 spiro atoms. The summed E-state index contributed by atoms with van der Waals surface area (Å²) in [5, 5.41) is -1.04. The highest BCUT2D eigenvalue weighted by Gasteiger charge is 2.66. The third kappa shape index (κ3) is 1.64. The Kier molecular flexibility index (Phi) is 3.36. The number of hydrogen-bond acceptors (Lipinski definition) is 5. The Balaban J connectivity index is 3.05. The molecule has 1 rings (SSSR count). The highest BCUT2D eigenvalue weighted by atomic mass is 32.2. The summed E-state index contributed by atoms with van der Waals surface area (Å²) in [5.74, 6) is -0.638. The van der Waals surface area contributed by atoms with Gasteiger partial charge in [-0.2, -0.15) is 0 Å². The van der Waals surface area contributed by atoms with E-state index in [1.165, 1.54) is 0 Å². The van der Waals surface area contributed by atoms with Crippen molar-refractivity contribution in [3.63, 3.8) is 0 Å². The molecule has 0 saturated carbocycles. The molecule has 0 aromatic heterocycles. The van der Waals surface area contributed by atoms with Crippen LogP contribution in [0.4, 0.5) is 0 Å². The quantitative estimate of drug-likeness (QED) is 0.662. The van der Waals surface area contributed by atoms with Gasteiger partial charge in [0.05, 0.1) is 17.4 Å². The third-order valence-corrected chi connectivity index (χ3v) is 5.97. The third-order valence-electron chi connectivity index (χ3n) is 3.14. The van der Waals surface area contributed by atoms with Gasteiger partial charge in [-0.15, -0.1) is 0 Å². The minimum atomic E-state index is -3.43. The van der Waals surface area contributed by atoms with Crippen LogP contribution in [-0.4, -0.2) is 56.0 Å². The summed E-state index contributed by atoms with van der Waals surface area (Å²) < 4.78 is 27.9. The van der Waals surface area contributed by atoms with Crippen molar-refractivity contribution in [1.82, 2.24) is 4.90 Å². The van der Waals surface area contributed by atoms with Gasteiger partial charge in [0.2, 0.25) is 0 Å². The molecule has 0 N–H and O–H groups in total. The first-order chi connectivity index (χ1) is 7.17. The van der Waals surface area contributed by atoms with Crippen molar-refractivity contribution in [1.29, 1.82) is 0 Å². The van der Waals surface area contributed by atoms with Gasteiger partial charge in [-0.05, 0) is 34.9 Å². The molecule has 1 aliphatic heterocycles. The van der Waals surface area contributed by atoms with Crippen molar-refractivity contribution in [3.05, 3.63) is 0 Å². The van der Waals surface area contributed by atoms with E-state index in [4.69, 9.17) is 4.74 Å². The summed E-state index contributed by atoms with van der Waals surface area (Å²) in [4.78, 5) is 13.4. The van der Waals surface area contributed by atoms with Crippen molar-refractivity contribution in [2.24, 2.45) is 0 Å². The van der Waals surface area contributed by atoms with Gasteiger partial charge in [-0.25, -0.2) is 8.42 Å². The van der Waals surface area contributed by atoms with Gasteiger partial charge in [0.25, 0.3) is 0 Å². The SMILES string of the molecule is CCOC(=O)[C@H]1[C@@H](N(C)C)C(C)(C)S1(=O)=O. The summed E-state index contributed by atoms with van der Waals surface area (Å²) >= 11 is 0. The van der Waals surface area contributed by atoms with Crippen LogP contribution in [0.25, 0.3) is 0 Å². The molecule has 0 aromatic carbocycles. The number of esters is 1. The number of rotatable bonds is 3. The van der Waals surface area contributed by atoms with Crippen LogP contribution in [0, 0.1) is 0 Å². The lowest BCUT2D eigenvalue weighted by molar-refractivity contribution is -0.145. The Labute approximate surface area is 96.7 Å². The van der Waals surface area contributed by atoms with E-state index in [2.05, 4.69) is 0 Å². The molecule has 6 heteroatoms. The van der Waals surface area contributed by atoms with Crippen LogP contribution in [0.3, 0.4) is 0 Å². The number of carbonyl (C=O) groups excluding carboxylic acids is 1. The molecule has 1 saturated heterocycles. The largest absolute Gasteiger partial charge is 0.465 e. The van der Waals surface area contributed by atoms with Crippen LogP contribution in [0.1, 0.15) is 20.8 Å². The molecule has 0 amide bonds. The van der Waals surface area contributed by atoms with E-state index in [0.29, 0.717) is 0 Å². The Hall–Kier alpha value is -0.620. The van der Waals surface area contributed by atoms with Crippen LogP contribution < -0.4 is 0 Å². The first-order valence-electron chi connectivity index (χ1n) is 5.24. The fourth-order valence-corrected chi connectivity index (χ4v) is 4.69. The highest BCUT2D eigenvalue weighted by molar-refractivity contribution is 7.95. The van der Waals surface area contributed by atoms with E-state index in [-0.39, 0.29) is 12.6 Å². The van der Waals surface area contributed by atoms with Crippen molar-refractivity contribution >= 4 is 15.8 Å². The standard InChI is InChI=1S/C10H19NO4S/c1-6-15-9(12)7-8(11(4)5)10(2,3)16(7,13)14/h7-8H,6H2,1-5H3/t7-,8-/m1/s1. The predicted molar refractivity (Wildman–Crippen MR) is 60.9 cm³/mol. The molecule has 5 nitrogen and oxygen atoms in total. The Morgan fingerprint density at radius 3 is 2.25 bits per heavy atom. The van der Waals surface area contributed by atoms with E-state index in [1.54, 1.807) is 39.8 Å². The second-order valence-electron chi connectivity index (χ2n) is 4.73. The minimum absolute atomic E-state index is 0.200. The van der Waals surface area contributed by atoms with Crippen molar-refractivity contribution in [2.75, 3.05) is 20.7 Å². The molecule has 16 heavy (non-hydrogen) atoms. The van der Waals surface area contributed by atoms with Gasteiger partial charge in [-0.3, -0.25) is 4.79 Å². The number of hydrogen-bond donors (Lipinski definition) is 0. The Bertz CT molecular complexity index is 386. The first-order valence-corrected chi connectivity index (χ1v) is 6.79. The zero-order valence-corrected chi connectivity index (χ0v) is 11.2. The van der Waals surface area contributed by atoms with E-state index in [9.17, 15) is 13.2 Å². The van der Waals surface area contributed by atoms with Crippen LogP contribution in [0.5, 0.6) is 0 Å². The Morgan fingerprint density at radius 1 is 1.38 bits per heavy atom. The average molecular weight is 249 g/mol. The monoisotopic (exact) mass is 249 g/mol. The second kappa shape index (κ2) is 4.00. The van der Waals surface area contributed by atoms with Gasteiger partial charge in [0.15, 0.2) is 15.1 Å². The summed E-state index contributed by atoms with van der Waals surface area (Å²) in [6.45, 7) is 5.15. The van der Waals surface area contributed by atoms with Crippen LogP contribution in [0.15, 0.2) is 0 Å². The number of sulfone groups is 1. The number of ether oxygens (including phenoxy) is 1. The van der Waals surface area contributed by atoms with E-state index >= 15 is 0 Å². The zero-order valence-electron chi connectivity index (χ0n) is 10.4. The fraction of sp³-hybridized carbons (Fsp3) is 0.900. The predicted octanol–water partition coefficient (Wildman–Crippen LogP) is 0.0553. The second-order valence-corrected chi connectivity index (χ2v) is 7.38. The molecule has 0 aliphatic carbocycles. The molecule has 94 valence electrons. The van der Waals surface area contributed by atoms with E-state index in [1.807, 2.05) is 0 Å². The van der Waals surface area contributed by atoms with Gasteiger partial charge in [0.1, 0.15) is 0 Å². The molecule has 0 aromatic rings. The maximum atomic E-state index is 12.0. The summed E-state index contributed by atoms with van der Waals surface area (Å²) in [7, 11) is 0.110. The van der Waals surface area contributed by atoms with Gasteiger partial charge >= 0.3 is 5.97 Å². The maximum Gasteiger partial charge on any atom is 0.326 e. The lowest BCUT2D eigenvalue weighted by atomic mass is 9.96. The minimum Gasteiger partial charge on any atom is -0.465 e. The first kappa shape index (κ1) is 13.4. The van der Waals surface area contributed by atoms with E-state index in [0.717, 1.165) is 0 Å². The molecule has 1 aliphatic rings. The highest BCUT2D eigenvalue weighted by Crippen LogP contribution is 2.43. The summed E-state index contributed by atoms with van der Waals surface area (Å²) in [6.07, 6.45) is 0. The van der Waals surface area contributed by atoms with Crippen LogP contribution in [-0.2, 0) is 19.4 Å². The normalized spacial score (nSPS) is 30.9. The topological polar surface area (TPSA) is 63.7 Å². The zero-order chi connectivity index (χ0) is 12.7. The summed E-state index contributed by atoms with van der Waals surface area (Å²) in [6, 6.07) is -0.323. The van der Waals surface area contributed by atoms with E-state index < -0.39 is 25.8 Å². The molecular formula is C10H19NO4S. The number of nitrogens with zero attached hydrogens (tertiary/aromatic N) is 1. The molecular weight excluding hydrogens is 230 g/mol. The lowest BCUT2D eigenvalue weighted by Crippen LogP contribution is -2.73. The van der Waals surface area contributed by atoms with Crippen LogP contribution >= 0.6 is 0 Å². The molecule has 1 heterocycles. The average Bonchev–Trinajstić information content (AvgIpc) is 2.12. The summed E-state index contributed by atoms with van der Waals surface area (Å²) in [5.41, 5.74) is 0. The fourth-order valence-electron chi connectivity index (χ4n) is 2.33. The lowest BCUT2D eigenvalue weighted by Gasteiger charge is -2.51. The number of carbonyl (C=O) groups is 1. The molecule has 2 atom stereocenters. The molecule has 0 unspecified atom stereocenters. The van der Waals surface area contributed by atoms with Gasteiger partial charge in [0, 0.05) is 0 Å². The Morgan fingerprint density at radius 2 is 1.88 bits per heavy atom. The smallest absolute Gasteiger partial charge is 0.326 e. The van der Waals surface area contributed by atoms with Crippen molar-refractivity contribution in [2.45, 2.75) is 36.8 Å². The maximum absolute atomic E-state index is 12.0. The molecule has 0 radical (unpaired) electrons. The molecule has 1 fully saturated rings. The van der Waals surface area contributed by atoms with Gasteiger partial charge < -0.3 is 9.64 Å². The molecule has 0 bridgehead atoms. The van der Waals surface area contributed by atoms with Crippen molar-refractivity contribution in [3.8, 4) is 0 Å². The van der Waals surface area contributed by atoms with Gasteiger partial charge in [-0.1, -0.05) is 0 Å². The van der Waals surface area contributed by atoms with Crippen molar-refractivity contribution < 1.29 is 17.9 Å².